The molecule has 0 saturated carbocycles. The van der Waals surface area contributed by atoms with E-state index in [0.29, 0.717) is 19.2 Å². The Morgan fingerprint density at radius 3 is 2.58 bits per heavy atom. The van der Waals surface area contributed by atoms with E-state index in [0.717, 1.165) is 6.07 Å². The molecule has 0 fully saturated rings. The molecule has 3 heterocycles. The molecule has 190 valence electrons. The smallest absolute Gasteiger partial charge is 0.277 e. The monoisotopic (exact) mass is 501 g/mol. The number of carbonyl (C=O) groups excluding carboxylic acids is 2. The molecule has 36 heavy (non-hydrogen) atoms. The summed E-state index contributed by atoms with van der Waals surface area (Å²) in [5.41, 5.74) is -1.71. The molecule has 0 unspecified atom stereocenters. The van der Waals surface area contributed by atoms with Crippen LogP contribution in [0.2, 0.25) is 0 Å². The van der Waals surface area contributed by atoms with Crippen molar-refractivity contribution in [1.82, 2.24) is 19.5 Å². The van der Waals surface area contributed by atoms with Gasteiger partial charge in [0.2, 0.25) is 5.43 Å². The summed E-state index contributed by atoms with van der Waals surface area (Å²) in [7, 11) is 1.50. The third-order valence-corrected chi connectivity index (χ3v) is 5.84. The largest absolute Gasteiger partial charge is 0.502 e. The van der Waals surface area contributed by atoms with Crippen molar-refractivity contribution in [3.8, 4) is 5.75 Å². The average molecular weight is 501 g/mol. The Balaban J connectivity index is 1.65. The molecule has 0 spiro atoms. The van der Waals surface area contributed by atoms with Crippen LogP contribution in [-0.4, -0.2) is 64.5 Å². The van der Waals surface area contributed by atoms with E-state index in [-0.39, 0.29) is 37.6 Å². The number of aromatic hydroxyl groups is 1. The number of ether oxygens (including phenoxy) is 1. The molecular weight excluding hydrogens is 476 g/mol. The Morgan fingerprint density at radius 1 is 1.14 bits per heavy atom. The zero-order valence-electron chi connectivity index (χ0n) is 19.5. The van der Waals surface area contributed by atoms with Gasteiger partial charge in [-0.25, -0.2) is 8.78 Å². The number of nitrogens with zero attached hydrogens (tertiary/aromatic N) is 4. The molecule has 2 aromatic heterocycles. The van der Waals surface area contributed by atoms with Crippen LogP contribution in [0.15, 0.2) is 53.7 Å². The predicted molar refractivity (Wildman–Crippen MR) is 125 cm³/mol. The fourth-order valence-corrected chi connectivity index (χ4v) is 3.89. The number of nitrogens with one attached hydrogen (secondary N) is 1. The highest BCUT2D eigenvalue weighted by Crippen LogP contribution is 2.21. The number of rotatable bonds is 9. The zero-order valence-corrected chi connectivity index (χ0v) is 19.5. The number of hydrogen-bond acceptors (Lipinski definition) is 6. The minimum atomic E-state index is -1.04. The van der Waals surface area contributed by atoms with Gasteiger partial charge in [-0.1, -0.05) is 6.07 Å². The van der Waals surface area contributed by atoms with Crippen molar-refractivity contribution in [2.75, 3.05) is 38.5 Å². The first kappa shape index (κ1) is 24.9. The normalized spacial score (nSPS) is 13.1. The number of aromatic nitrogens is 2. The summed E-state index contributed by atoms with van der Waals surface area (Å²) in [6, 6.07) is 6.65. The van der Waals surface area contributed by atoms with Gasteiger partial charge >= 0.3 is 0 Å². The molecule has 2 amide bonds. The number of benzene rings is 1. The number of hydrogen-bond donors (Lipinski definition) is 2. The van der Waals surface area contributed by atoms with Gasteiger partial charge in [-0.3, -0.25) is 24.1 Å². The van der Waals surface area contributed by atoms with Gasteiger partial charge in [-0.15, -0.1) is 0 Å². The summed E-state index contributed by atoms with van der Waals surface area (Å²) in [6.07, 6.45) is 4.93. The lowest BCUT2D eigenvalue weighted by Crippen LogP contribution is -2.56. The number of amides is 2. The van der Waals surface area contributed by atoms with Crippen molar-refractivity contribution in [2.24, 2.45) is 0 Å². The summed E-state index contributed by atoms with van der Waals surface area (Å²) in [5.74, 6) is -3.94. The summed E-state index contributed by atoms with van der Waals surface area (Å²) >= 11 is 0. The second kappa shape index (κ2) is 10.6. The second-order valence-corrected chi connectivity index (χ2v) is 8.19. The van der Waals surface area contributed by atoms with Gasteiger partial charge in [0, 0.05) is 57.0 Å². The predicted octanol–water partition coefficient (Wildman–Crippen LogP) is 1.26. The van der Waals surface area contributed by atoms with Crippen molar-refractivity contribution in [2.45, 2.75) is 13.1 Å². The van der Waals surface area contributed by atoms with E-state index in [1.54, 1.807) is 5.01 Å². The van der Waals surface area contributed by atoms with Crippen LogP contribution < -0.4 is 15.8 Å². The van der Waals surface area contributed by atoms with Crippen LogP contribution in [0.25, 0.3) is 0 Å². The third-order valence-electron chi connectivity index (χ3n) is 5.84. The molecule has 0 aliphatic carbocycles. The third kappa shape index (κ3) is 5.08. The fourth-order valence-electron chi connectivity index (χ4n) is 3.89. The quantitative estimate of drug-likeness (QED) is 0.457. The van der Waals surface area contributed by atoms with E-state index in [4.69, 9.17) is 4.74 Å². The summed E-state index contributed by atoms with van der Waals surface area (Å²) in [5, 5.41) is 14.8. The maximum atomic E-state index is 13.9. The Kier molecular flexibility index (Phi) is 7.34. The van der Waals surface area contributed by atoms with Gasteiger partial charge in [0.25, 0.3) is 11.8 Å². The van der Waals surface area contributed by atoms with Crippen LogP contribution in [0.1, 0.15) is 26.4 Å². The van der Waals surface area contributed by atoms with Crippen molar-refractivity contribution in [1.29, 1.82) is 0 Å². The number of pyridine rings is 1. The number of halogens is 2. The van der Waals surface area contributed by atoms with Crippen LogP contribution in [0.5, 0.6) is 5.75 Å². The van der Waals surface area contributed by atoms with Crippen LogP contribution in [0.3, 0.4) is 0 Å². The molecule has 0 radical (unpaired) electrons. The van der Waals surface area contributed by atoms with Crippen molar-refractivity contribution < 1.29 is 28.2 Å². The minimum Gasteiger partial charge on any atom is -0.502 e. The molecule has 1 aliphatic rings. The highest BCUT2D eigenvalue weighted by atomic mass is 19.1. The maximum Gasteiger partial charge on any atom is 0.277 e. The maximum absolute atomic E-state index is 13.9. The van der Waals surface area contributed by atoms with Crippen LogP contribution in [0, 0.1) is 11.6 Å². The standard InChI is InChI=1S/C24H25F2N5O5/c1-36-11-10-29-15-30(9-8-28-6-2-3-7-28)31-14-18(21(32)22(33)20(31)24(29)35)23(34)27-13-16-4-5-17(25)12-19(16)26/h2-7,12,14,33H,8-11,13,15H2,1H3,(H,27,34). The molecule has 1 aromatic carbocycles. The Morgan fingerprint density at radius 2 is 1.89 bits per heavy atom. The summed E-state index contributed by atoms with van der Waals surface area (Å²) in [6.45, 7) is 1.20. The van der Waals surface area contributed by atoms with Crippen LogP contribution in [-0.2, 0) is 17.8 Å². The molecule has 4 rings (SSSR count). The van der Waals surface area contributed by atoms with Gasteiger partial charge in [0.05, 0.1) is 13.2 Å². The molecule has 3 aromatic rings. The number of fused-ring (bicyclic) bond motifs is 1. The summed E-state index contributed by atoms with van der Waals surface area (Å²) in [4.78, 5) is 40.2. The van der Waals surface area contributed by atoms with Gasteiger partial charge in [-0.2, -0.15) is 0 Å². The van der Waals surface area contributed by atoms with Gasteiger partial charge < -0.3 is 24.6 Å². The lowest BCUT2D eigenvalue weighted by Gasteiger charge is -2.39. The first-order valence-electron chi connectivity index (χ1n) is 11.1. The van der Waals surface area contributed by atoms with Gasteiger partial charge in [-0.05, 0) is 18.2 Å². The number of carbonyl (C=O) groups is 2. The molecule has 10 nitrogen and oxygen atoms in total. The van der Waals surface area contributed by atoms with Crippen molar-refractivity contribution in [3.05, 3.63) is 87.6 Å². The van der Waals surface area contributed by atoms with Gasteiger partial charge in [0.1, 0.15) is 23.9 Å². The first-order chi connectivity index (χ1) is 17.3. The minimum absolute atomic E-state index is 0.0179. The van der Waals surface area contributed by atoms with Crippen LogP contribution >= 0.6 is 0 Å². The lowest BCUT2D eigenvalue weighted by molar-refractivity contribution is 0.0620. The van der Waals surface area contributed by atoms with E-state index in [2.05, 4.69) is 5.32 Å². The molecule has 1 aliphatic heterocycles. The number of methoxy groups -OCH3 is 1. The molecule has 12 heteroatoms. The van der Waals surface area contributed by atoms with E-state index in [9.17, 15) is 28.3 Å². The first-order valence-corrected chi connectivity index (χ1v) is 11.1. The average Bonchev–Trinajstić information content (AvgIpc) is 3.37. The highest BCUT2D eigenvalue weighted by Gasteiger charge is 2.34. The molecule has 0 saturated heterocycles. The van der Waals surface area contributed by atoms with Crippen molar-refractivity contribution >= 4 is 11.8 Å². The molecular formula is C24H25F2N5O5. The molecule has 0 bridgehead atoms. The van der Waals surface area contributed by atoms with Crippen molar-refractivity contribution in [3.63, 3.8) is 0 Å². The Labute approximate surface area is 204 Å². The summed E-state index contributed by atoms with van der Waals surface area (Å²) < 4.78 is 35.4. The Hall–Kier alpha value is -4.19. The second-order valence-electron chi connectivity index (χ2n) is 8.19. The van der Waals surface area contributed by atoms with Crippen LogP contribution in [0.4, 0.5) is 8.78 Å². The lowest BCUT2D eigenvalue weighted by atomic mass is 10.1. The van der Waals surface area contributed by atoms with Gasteiger partial charge in [0.15, 0.2) is 11.4 Å². The fraction of sp³-hybridized carbons (Fsp3) is 0.292. The molecule has 2 N–H and O–H groups in total. The highest BCUT2D eigenvalue weighted by molar-refractivity contribution is 5.99. The topological polar surface area (TPSA) is 109 Å². The van der Waals surface area contributed by atoms with E-state index >= 15 is 0 Å². The Bertz CT molecular complexity index is 1330. The van der Waals surface area contributed by atoms with E-state index in [1.165, 1.54) is 28.9 Å². The van der Waals surface area contributed by atoms with E-state index < -0.39 is 40.2 Å². The molecule has 0 atom stereocenters. The SMILES string of the molecule is COCCN1CN(CCn2cccc2)n2cc(C(=O)NCc3ccc(F)cc3F)c(=O)c(O)c2C1=O. The zero-order chi connectivity index (χ0) is 25.8. The van der Waals surface area contributed by atoms with E-state index in [1.807, 2.05) is 29.1 Å².